The maximum atomic E-state index is 4.64. The van der Waals surface area contributed by atoms with E-state index in [0.29, 0.717) is 0 Å². The molecule has 0 N–H and O–H groups in total. The fraction of sp³-hybridized carbons (Fsp3) is 0.0333. The molecule has 4 aromatic carbocycles. The average molecular weight is 409 g/mol. The second kappa shape index (κ2) is 6.41. The van der Waals surface area contributed by atoms with Crippen LogP contribution in [0.2, 0.25) is 0 Å². The number of hydrogen-bond acceptors (Lipinski definition) is 1. The zero-order valence-electron chi connectivity index (χ0n) is 17.7. The summed E-state index contributed by atoms with van der Waals surface area (Å²) in [5, 5.41) is 5.18. The number of hydrogen-bond donors (Lipinski definition) is 0. The minimum absolute atomic E-state index is 1.01. The number of pyridine rings is 1. The van der Waals surface area contributed by atoms with Gasteiger partial charge in [0.05, 0.1) is 22.2 Å². The summed E-state index contributed by atoms with van der Waals surface area (Å²) >= 11 is 0. The minimum Gasteiger partial charge on any atom is -0.308 e. The molecular formula is C30H20N2. The first kappa shape index (κ1) is 17.5. The Bertz CT molecular complexity index is 1760. The molecular weight excluding hydrogens is 388 g/mol. The lowest BCUT2D eigenvalue weighted by Crippen LogP contribution is -1.85. The van der Waals surface area contributed by atoms with Crippen molar-refractivity contribution in [1.29, 1.82) is 0 Å². The molecule has 7 aromatic rings. The first-order valence-electron chi connectivity index (χ1n) is 11.0. The Hall–Kier alpha value is -4.17. The molecule has 7 rings (SSSR count). The van der Waals surface area contributed by atoms with E-state index in [9.17, 15) is 0 Å². The summed E-state index contributed by atoms with van der Waals surface area (Å²) in [5.41, 5.74) is 9.65. The summed E-state index contributed by atoms with van der Waals surface area (Å²) in [7, 11) is 0. The van der Waals surface area contributed by atoms with Crippen LogP contribution >= 0.6 is 0 Å². The molecule has 0 radical (unpaired) electrons. The lowest BCUT2D eigenvalue weighted by molar-refractivity contribution is 1.27. The molecule has 2 nitrogen and oxygen atoms in total. The Labute approximate surface area is 185 Å². The van der Waals surface area contributed by atoms with Gasteiger partial charge in [-0.05, 0) is 53.9 Å². The van der Waals surface area contributed by atoms with Crippen molar-refractivity contribution in [2.24, 2.45) is 0 Å². The number of aromatic nitrogens is 2. The number of para-hydroxylation sites is 1. The normalized spacial score (nSPS) is 11.9. The number of nitrogens with zero attached hydrogens (tertiary/aromatic N) is 2. The van der Waals surface area contributed by atoms with Gasteiger partial charge in [-0.1, -0.05) is 66.7 Å². The van der Waals surface area contributed by atoms with Crippen molar-refractivity contribution in [3.8, 4) is 22.4 Å². The minimum atomic E-state index is 1.01. The van der Waals surface area contributed by atoms with Crippen LogP contribution < -0.4 is 0 Å². The van der Waals surface area contributed by atoms with Crippen LogP contribution in [0, 0.1) is 6.92 Å². The first-order chi connectivity index (χ1) is 15.8. The van der Waals surface area contributed by atoms with Crippen LogP contribution in [-0.2, 0) is 0 Å². The third kappa shape index (κ3) is 2.38. The molecule has 0 amide bonds. The van der Waals surface area contributed by atoms with E-state index in [-0.39, 0.29) is 0 Å². The third-order valence-electron chi connectivity index (χ3n) is 6.63. The van der Waals surface area contributed by atoms with E-state index in [2.05, 4.69) is 113 Å². The zero-order valence-corrected chi connectivity index (χ0v) is 17.7. The van der Waals surface area contributed by atoms with Gasteiger partial charge in [-0.25, -0.2) is 0 Å². The Kier molecular flexibility index (Phi) is 3.51. The Morgan fingerprint density at radius 1 is 0.562 bits per heavy atom. The Balaban J connectivity index is 1.53. The van der Waals surface area contributed by atoms with Crippen LogP contribution in [0.4, 0.5) is 0 Å². The zero-order chi connectivity index (χ0) is 21.2. The summed E-state index contributed by atoms with van der Waals surface area (Å²) in [6.07, 6.45) is 1.94. The van der Waals surface area contributed by atoms with E-state index in [1.54, 1.807) is 0 Å². The van der Waals surface area contributed by atoms with Gasteiger partial charge < -0.3 is 4.40 Å². The van der Waals surface area contributed by atoms with Crippen LogP contribution in [0.15, 0.2) is 103 Å². The second-order valence-corrected chi connectivity index (χ2v) is 8.59. The van der Waals surface area contributed by atoms with Crippen LogP contribution in [0.25, 0.3) is 60.5 Å². The largest absolute Gasteiger partial charge is 0.308 e. The third-order valence-corrected chi connectivity index (χ3v) is 6.63. The highest BCUT2D eigenvalue weighted by atomic mass is 14.9. The van der Waals surface area contributed by atoms with Crippen molar-refractivity contribution in [1.82, 2.24) is 9.38 Å². The molecule has 3 aromatic heterocycles. The molecule has 0 aliphatic heterocycles. The predicted molar refractivity (Wildman–Crippen MR) is 135 cm³/mol. The van der Waals surface area contributed by atoms with E-state index < -0.39 is 0 Å². The van der Waals surface area contributed by atoms with Crippen molar-refractivity contribution in [2.75, 3.05) is 0 Å². The van der Waals surface area contributed by atoms with E-state index in [1.807, 2.05) is 6.20 Å². The van der Waals surface area contributed by atoms with Crippen LogP contribution in [0.1, 0.15) is 5.56 Å². The number of fused-ring (bicyclic) bond motifs is 6. The van der Waals surface area contributed by atoms with Gasteiger partial charge in [-0.2, -0.15) is 0 Å². The highest BCUT2D eigenvalue weighted by molar-refractivity contribution is 6.23. The molecule has 0 unspecified atom stereocenters. The maximum Gasteiger partial charge on any atom is 0.0702 e. The topological polar surface area (TPSA) is 17.3 Å². The summed E-state index contributed by atoms with van der Waals surface area (Å²) in [5.74, 6) is 0. The fourth-order valence-corrected chi connectivity index (χ4v) is 5.09. The lowest BCUT2D eigenvalue weighted by atomic mass is 10.0. The number of benzene rings is 4. The number of aryl methyl sites for hydroxylation is 1. The molecule has 0 spiro atoms. The monoisotopic (exact) mass is 408 g/mol. The van der Waals surface area contributed by atoms with Crippen molar-refractivity contribution in [3.05, 3.63) is 109 Å². The molecule has 0 bridgehead atoms. The molecule has 0 saturated heterocycles. The predicted octanol–water partition coefficient (Wildman–Crippen LogP) is 7.87. The Morgan fingerprint density at radius 2 is 1.25 bits per heavy atom. The fourth-order valence-electron chi connectivity index (χ4n) is 5.09. The number of rotatable bonds is 2. The molecule has 2 heteroatoms. The van der Waals surface area contributed by atoms with Gasteiger partial charge in [-0.3, -0.25) is 4.98 Å². The van der Waals surface area contributed by atoms with Gasteiger partial charge in [0.25, 0.3) is 0 Å². The van der Waals surface area contributed by atoms with Crippen LogP contribution in [0.5, 0.6) is 0 Å². The van der Waals surface area contributed by atoms with E-state index >= 15 is 0 Å². The van der Waals surface area contributed by atoms with Gasteiger partial charge in [0, 0.05) is 33.3 Å². The van der Waals surface area contributed by atoms with E-state index in [1.165, 1.54) is 54.8 Å². The Morgan fingerprint density at radius 3 is 1.94 bits per heavy atom. The van der Waals surface area contributed by atoms with Crippen molar-refractivity contribution < 1.29 is 0 Å². The molecule has 32 heavy (non-hydrogen) atoms. The molecule has 0 fully saturated rings. The van der Waals surface area contributed by atoms with Crippen molar-refractivity contribution in [2.45, 2.75) is 6.92 Å². The van der Waals surface area contributed by atoms with Gasteiger partial charge in [0.15, 0.2) is 0 Å². The average Bonchev–Trinajstić information content (AvgIpc) is 3.36. The summed E-state index contributed by atoms with van der Waals surface area (Å²) in [6.45, 7) is 2.07. The molecule has 0 aliphatic carbocycles. The molecule has 0 saturated carbocycles. The van der Waals surface area contributed by atoms with E-state index in [0.717, 1.165) is 11.3 Å². The second-order valence-electron chi connectivity index (χ2n) is 8.59. The molecule has 3 heterocycles. The molecule has 0 aliphatic rings. The van der Waals surface area contributed by atoms with Crippen LogP contribution in [0.3, 0.4) is 0 Å². The van der Waals surface area contributed by atoms with Gasteiger partial charge in [0.2, 0.25) is 0 Å². The highest BCUT2D eigenvalue weighted by Gasteiger charge is 2.18. The van der Waals surface area contributed by atoms with Crippen LogP contribution in [-0.4, -0.2) is 9.38 Å². The smallest absolute Gasteiger partial charge is 0.0702 e. The molecule has 150 valence electrons. The van der Waals surface area contributed by atoms with Gasteiger partial charge >= 0.3 is 0 Å². The highest BCUT2D eigenvalue weighted by Crippen LogP contribution is 2.41. The SMILES string of the molecule is Cc1ccc(-c2ccc3c(c2)c2cccc4c5cc(-c6ccccc6)ccc5n3c42)nc1. The maximum absolute atomic E-state index is 4.64. The van der Waals surface area contributed by atoms with Gasteiger partial charge in [-0.15, -0.1) is 0 Å². The lowest BCUT2D eigenvalue weighted by Gasteiger charge is -2.05. The van der Waals surface area contributed by atoms with Crippen molar-refractivity contribution >= 4 is 38.1 Å². The molecule has 0 atom stereocenters. The first-order valence-corrected chi connectivity index (χ1v) is 11.0. The quantitative estimate of drug-likeness (QED) is 0.284. The van der Waals surface area contributed by atoms with Crippen molar-refractivity contribution in [3.63, 3.8) is 0 Å². The van der Waals surface area contributed by atoms with Gasteiger partial charge in [0.1, 0.15) is 0 Å². The standard InChI is InChI=1S/C30H20N2/c1-19-10-13-27(31-18-19)22-12-15-29-26(17-22)24-9-5-8-23-25-16-21(20-6-3-2-4-7-20)11-14-28(25)32(29)30(23)24/h2-18H,1H3. The summed E-state index contributed by atoms with van der Waals surface area (Å²) in [4.78, 5) is 4.64. The van der Waals surface area contributed by atoms with E-state index in [4.69, 9.17) is 0 Å². The summed E-state index contributed by atoms with van der Waals surface area (Å²) < 4.78 is 2.43. The summed E-state index contributed by atoms with van der Waals surface area (Å²) in [6, 6.07) is 35.1.